The second-order valence-corrected chi connectivity index (χ2v) is 7.44. The molecule has 0 amide bonds. The Labute approximate surface area is 93.8 Å². The monoisotopic (exact) mass is 265 g/mol. The predicted octanol–water partition coefficient (Wildman–Crippen LogP) is 0.276. The van der Waals surface area contributed by atoms with Crippen molar-refractivity contribution in [1.29, 1.82) is 0 Å². The molecule has 1 rings (SSSR count). The number of anilines is 1. The van der Waals surface area contributed by atoms with Gasteiger partial charge in [0, 0.05) is 0 Å². The number of hydrogen-bond acceptors (Lipinski definition) is 5. The Hall–Kier alpha value is -1.12. The zero-order valence-electron chi connectivity index (χ0n) is 8.36. The molecule has 0 radical (unpaired) electrons. The van der Waals surface area contributed by atoms with Crippen LogP contribution in [0.3, 0.4) is 0 Å². The molecule has 0 saturated heterocycles. The molecule has 1 atom stereocenters. The topological polar surface area (TPSA) is 115 Å². The Morgan fingerprint density at radius 3 is 2.12 bits per heavy atom. The zero-order valence-corrected chi connectivity index (χ0v) is 9.99. The van der Waals surface area contributed by atoms with Crippen LogP contribution in [0.1, 0.15) is 6.92 Å². The molecule has 0 aromatic heterocycles. The van der Waals surface area contributed by atoms with Crippen molar-refractivity contribution in [2.75, 3.05) is 5.73 Å². The van der Waals surface area contributed by atoms with E-state index in [0.717, 1.165) is 6.92 Å². The minimum absolute atomic E-state index is 0.0574. The molecule has 16 heavy (non-hydrogen) atoms. The van der Waals surface area contributed by atoms with Crippen molar-refractivity contribution < 1.29 is 21.4 Å². The summed E-state index contributed by atoms with van der Waals surface area (Å²) in [7, 11) is -8.86. The van der Waals surface area contributed by atoms with Gasteiger partial charge < -0.3 is 5.73 Å². The molecular weight excluding hydrogens is 254 g/mol. The smallest absolute Gasteiger partial charge is 0.282 e. The van der Waals surface area contributed by atoms with Crippen molar-refractivity contribution >= 4 is 25.6 Å². The maximum atomic E-state index is 11.8. The highest BCUT2D eigenvalue weighted by Crippen LogP contribution is 2.24. The van der Waals surface area contributed by atoms with Crippen molar-refractivity contribution in [3.8, 4) is 0 Å². The fraction of sp³-hybridized carbons (Fsp3) is 0.250. The summed E-state index contributed by atoms with van der Waals surface area (Å²) in [5, 5.41) is 0. The van der Waals surface area contributed by atoms with Crippen molar-refractivity contribution in [1.82, 2.24) is 0 Å². The summed E-state index contributed by atoms with van der Waals surface area (Å²) >= 11 is 0. The summed E-state index contributed by atoms with van der Waals surface area (Å²) in [5.74, 6) is 0. The van der Waals surface area contributed by atoms with Gasteiger partial charge in [0.15, 0.2) is 14.4 Å². The molecule has 0 heterocycles. The van der Waals surface area contributed by atoms with Gasteiger partial charge in [0.2, 0.25) is 0 Å². The third-order valence-electron chi connectivity index (χ3n) is 2.08. The van der Waals surface area contributed by atoms with E-state index in [2.05, 4.69) is 0 Å². The van der Waals surface area contributed by atoms with Crippen molar-refractivity contribution in [3.05, 3.63) is 24.3 Å². The molecule has 0 fully saturated rings. The number of sulfone groups is 1. The van der Waals surface area contributed by atoms with E-state index < -0.39 is 24.5 Å². The third kappa shape index (κ3) is 2.34. The average molecular weight is 265 g/mol. The number of rotatable bonds is 3. The highest BCUT2D eigenvalue weighted by Gasteiger charge is 2.34. The predicted molar refractivity (Wildman–Crippen MR) is 59.1 cm³/mol. The van der Waals surface area contributed by atoms with Crippen LogP contribution in [0.15, 0.2) is 29.2 Å². The highest BCUT2D eigenvalue weighted by molar-refractivity contribution is 8.06. The van der Waals surface area contributed by atoms with E-state index in [1.807, 2.05) is 0 Å². The molecule has 0 aliphatic carbocycles. The highest BCUT2D eigenvalue weighted by atomic mass is 32.3. The van der Waals surface area contributed by atoms with E-state index in [4.69, 9.17) is 10.3 Å². The first kappa shape index (κ1) is 12.9. The molecule has 0 aliphatic rings. The number of nitrogens with two attached hydrogens (primary N) is 1. The standard InChI is InChI=1S/C8H11NO5S2/c1-6(16(12,13)14)15(10,11)8-5-3-2-4-7(8)9/h2-6H,9H2,1H3,(H,12,13,14). The van der Waals surface area contributed by atoms with Crippen LogP contribution in [0.25, 0.3) is 0 Å². The molecule has 3 N–H and O–H groups in total. The molecule has 0 aliphatic heterocycles. The van der Waals surface area contributed by atoms with Crippen LogP contribution in [0, 0.1) is 0 Å². The van der Waals surface area contributed by atoms with Crippen LogP contribution in [0.4, 0.5) is 5.69 Å². The van der Waals surface area contributed by atoms with Gasteiger partial charge in [-0.05, 0) is 19.1 Å². The van der Waals surface area contributed by atoms with Crippen LogP contribution in [-0.2, 0) is 20.0 Å². The Kier molecular flexibility index (Phi) is 3.27. The van der Waals surface area contributed by atoms with Gasteiger partial charge in [-0.3, -0.25) is 4.55 Å². The molecule has 0 saturated carbocycles. The quantitative estimate of drug-likeness (QED) is 0.599. The Bertz CT molecular complexity index is 591. The van der Waals surface area contributed by atoms with Gasteiger partial charge in [-0.2, -0.15) is 8.42 Å². The van der Waals surface area contributed by atoms with E-state index in [1.165, 1.54) is 24.3 Å². The minimum Gasteiger partial charge on any atom is -0.398 e. The maximum Gasteiger partial charge on any atom is 0.282 e. The maximum absolute atomic E-state index is 11.8. The lowest BCUT2D eigenvalue weighted by atomic mass is 10.3. The van der Waals surface area contributed by atoms with Crippen molar-refractivity contribution in [2.24, 2.45) is 0 Å². The molecule has 1 unspecified atom stereocenters. The molecule has 0 bridgehead atoms. The van der Waals surface area contributed by atoms with E-state index >= 15 is 0 Å². The lowest BCUT2D eigenvalue weighted by Gasteiger charge is -2.11. The van der Waals surface area contributed by atoms with Crippen molar-refractivity contribution in [3.63, 3.8) is 0 Å². The average Bonchev–Trinajstić information content (AvgIpc) is 2.15. The van der Waals surface area contributed by atoms with Crippen LogP contribution in [0.2, 0.25) is 0 Å². The largest absolute Gasteiger partial charge is 0.398 e. The fourth-order valence-corrected chi connectivity index (χ4v) is 3.69. The first-order valence-electron chi connectivity index (χ1n) is 4.22. The SMILES string of the molecule is CC(S(=O)(=O)O)S(=O)(=O)c1ccccc1N. The molecule has 1 aromatic rings. The summed E-state index contributed by atoms with van der Waals surface area (Å²) in [6.45, 7) is 0.886. The summed E-state index contributed by atoms with van der Waals surface area (Å²) in [4.78, 5) is -0.305. The van der Waals surface area contributed by atoms with Gasteiger partial charge in [-0.25, -0.2) is 8.42 Å². The van der Waals surface area contributed by atoms with Crippen LogP contribution in [-0.4, -0.2) is 26.0 Å². The first-order chi connectivity index (χ1) is 7.17. The molecule has 6 nitrogen and oxygen atoms in total. The fourth-order valence-electron chi connectivity index (χ4n) is 1.08. The second-order valence-electron chi connectivity index (χ2n) is 3.17. The second kappa shape index (κ2) is 4.04. The number of nitrogen functional groups attached to an aromatic ring is 1. The summed E-state index contributed by atoms with van der Waals surface area (Å²) in [5.41, 5.74) is 5.37. The molecule has 0 spiro atoms. The molecule has 90 valence electrons. The van der Waals surface area contributed by atoms with Gasteiger partial charge in [-0.15, -0.1) is 0 Å². The summed E-state index contributed by atoms with van der Waals surface area (Å²) in [6.07, 6.45) is 0. The van der Waals surface area contributed by atoms with Crippen LogP contribution >= 0.6 is 0 Å². The minimum atomic E-state index is -4.67. The molecular formula is C8H11NO5S2. The van der Waals surface area contributed by atoms with Gasteiger partial charge in [-0.1, -0.05) is 12.1 Å². The third-order valence-corrected chi connectivity index (χ3v) is 6.27. The van der Waals surface area contributed by atoms with Gasteiger partial charge in [0.25, 0.3) is 10.1 Å². The normalized spacial score (nSPS) is 14.6. The number of para-hydroxylation sites is 1. The van der Waals surface area contributed by atoms with E-state index in [9.17, 15) is 16.8 Å². The molecule has 1 aromatic carbocycles. The zero-order chi connectivity index (χ0) is 12.6. The van der Waals surface area contributed by atoms with Gasteiger partial charge >= 0.3 is 0 Å². The van der Waals surface area contributed by atoms with E-state index in [-0.39, 0.29) is 10.6 Å². The Balaban J connectivity index is 3.40. The first-order valence-corrected chi connectivity index (χ1v) is 7.27. The van der Waals surface area contributed by atoms with Gasteiger partial charge in [0.1, 0.15) is 0 Å². The summed E-state index contributed by atoms with van der Waals surface area (Å²) < 4.78 is 51.9. The van der Waals surface area contributed by atoms with Crippen LogP contribution in [0.5, 0.6) is 0 Å². The summed E-state index contributed by atoms with van der Waals surface area (Å²) in [6, 6.07) is 5.46. The van der Waals surface area contributed by atoms with Crippen molar-refractivity contribution in [2.45, 2.75) is 16.4 Å². The number of hydrogen-bond donors (Lipinski definition) is 2. The Morgan fingerprint density at radius 1 is 1.19 bits per heavy atom. The Morgan fingerprint density at radius 2 is 1.69 bits per heavy atom. The van der Waals surface area contributed by atoms with E-state index in [0.29, 0.717) is 0 Å². The lowest BCUT2D eigenvalue weighted by molar-refractivity contribution is 0.478. The lowest BCUT2D eigenvalue weighted by Crippen LogP contribution is -2.27. The van der Waals surface area contributed by atoms with E-state index in [1.54, 1.807) is 0 Å². The number of benzene rings is 1. The van der Waals surface area contributed by atoms with Gasteiger partial charge in [0.05, 0.1) is 10.6 Å². The van der Waals surface area contributed by atoms with Crippen LogP contribution < -0.4 is 5.73 Å². The molecule has 8 heteroatoms.